The standard InChI is InChI=1S/C50H101NO4/c1-3-5-7-9-11-13-15-17-18-19-20-21-22-23-24-25-26-27-28-29-30-31-33-35-37-39-41-43-45-49(54)51-47(46-52)50(55)48(53)44-42-40-38-36-34-32-16-14-12-10-8-6-4-2/h47-48,50,52-53,55H,3-46H2,1-2H3,(H,51,54)/t47-,48+,50-/m0/s1. The highest BCUT2D eigenvalue weighted by Crippen LogP contribution is 2.18. The minimum atomic E-state index is -1.13. The molecular weight excluding hydrogens is 679 g/mol. The summed E-state index contributed by atoms with van der Waals surface area (Å²) in [5.74, 6) is -0.138. The molecule has 0 aliphatic rings. The maximum atomic E-state index is 12.5. The molecule has 5 nitrogen and oxygen atoms in total. The van der Waals surface area contributed by atoms with Crippen molar-refractivity contribution in [2.24, 2.45) is 0 Å². The van der Waals surface area contributed by atoms with Gasteiger partial charge in [-0.05, 0) is 12.8 Å². The van der Waals surface area contributed by atoms with Gasteiger partial charge in [-0.2, -0.15) is 0 Å². The molecule has 0 aliphatic carbocycles. The predicted molar refractivity (Wildman–Crippen MR) is 241 cm³/mol. The first-order chi connectivity index (χ1) is 27.1. The Bertz CT molecular complexity index is 733. The van der Waals surface area contributed by atoms with E-state index in [9.17, 15) is 20.1 Å². The van der Waals surface area contributed by atoms with E-state index in [1.807, 2.05) is 0 Å². The summed E-state index contributed by atoms with van der Waals surface area (Å²) in [5.41, 5.74) is 0. The molecule has 4 N–H and O–H groups in total. The number of hydrogen-bond donors (Lipinski definition) is 4. The number of nitrogens with one attached hydrogen (secondary N) is 1. The number of aliphatic hydroxyl groups is 3. The summed E-state index contributed by atoms with van der Waals surface area (Å²) in [7, 11) is 0. The van der Waals surface area contributed by atoms with Crippen molar-refractivity contribution >= 4 is 5.91 Å². The van der Waals surface area contributed by atoms with E-state index in [1.54, 1.807) is 0 Å². The molecule has 0 fully saturated rings. The maximum Gasteiger partial charge on any atom is 0.220 e. The molecule has 0 saturated heterocycles. The minimum absolute atomic E-state index is 0.138. The Balaban J connectivity index is 3.47. The van der Waals surface area contributed by atoms with Gasteiger partial charge in [-0.3, -0.25) is 4.79 Å². The van der Waals surface area contributed by atoms with Crippen LogP contribution in [0.15, 0.2) is 0 Å². The smallest absolute Gasteiger partial charge is 0.220 e. The van der Waals surface area contributed by atoms with Crippen LogP contribution in [0.3, 0.4) is 0 Å². The fourth-order valence-electron chi connectivity index (χ4n) is 8.28. The third-order valence-electron chi connectivity index (χ3n) is 12.2. The van der Waals surface area contributed by atoms with Crippen LogP contribution in [0.25, 0.3) is 0 Å². The van der Waals surface area contributed by atoms with Crippen molar-refractivity contribution in [3.05, 3.63) is 0 Å². The molecule has 0 heterocycles. The maximum absolute atomic E-state index is 12.5. The molecule has 0 radical (unpaired) electrons. The third kappa shape index (κ3) is 41.3. The van der Waals surface area contributed by atoms with Gasteiger partial charge < -0.3 is 20.6 Å². The number of hydrogen-bond acceptors (Lipinski definition) is 4. The Kier molecular flexibility index (Phi) is 45.5. The Hall–Kier alpha value is -0.650. The van der Waals surface area contributed by atoms with E-state index in [-0.39, 0.29) is 12.5 Å². The van der Waals surface area contributed by atoms with Crippen LogP contribution in [-0.2, 0) is 4.79 Å². The SMILES string of the molecule is CCCCCCCCCCCCCCCCCCCCCCCCCCCCCCC(=O)N[C@@H](CO)[C@H](O)[C@H](O)CCCCCCCCCCCCCCC. The van der Waals surface area contributed by atoms with Crippen LogP contribution in [0.1, 0.15) is 290 Å². The molecule has 0 aromatic carbocycles. The molecule has 0 bridgehead atoms. The van der Waals surface area contributed by atoms with E-state index in [0.717, 1.165) is 32.1 Å². The van der Waals surface area contributed by atoms with Crippen molar-refractivity contribution in [3.8, 4) is 0 Å². The van der Waals surface area contributed by atoms with Gasteiger partial charge in [0.2, 0.25) is 5.91 Å². The van der Waals surface area contributed by atoms with Crippen molar-refractivity contribution in [3.63, 3.8) is 0 Å². The molecule has 0 saturated carbocycles. The van der Waals surface area contributed by atoms with Gasteiger partial charge in [0.05, 0.1) is 18.8 Å². The average Bonchev–Trinajstić information content (AvgIpc) is 3.19. The molecular formula is C50H101NO4. The van der Waals surface area contributed by atoms with Gasteiger partial charge in [-0.1, -0.05) is 271 Å². The average molecular weight is 780 g/mol. The Labute approximate surface area is 345 Å². The van der Waals surface area contributed by atoms with Gasteiger partial charge in [-0.25, -0.2) is 0 Å². The Morgan fingerprint density at radius 3 is 0.873 bits per heavy atom. The molecule has 55 heavy (non-hydrogen) atoms. The lowest BCUT2D eigenvalue weighted by Crippen LogP contribution is -2.50. The quantitative estimate of drug-likeness (QED) is 0.0463. The highest BCUT2D eigenvalue weighted by atomic mass is 16.3. The largest absolute Gasteiger partial charge is 0.394 e. The molecule has 0 aliphatic heterocycles. The van der Waals surface area contributed by atoms with Gasteiger partial charge in [0.1, 0.15) is 6.10 Å². The van der Waals surface area contributed by atoms with Gasteiger partial charge in [0.15, 0.2) is 0 Å². The molecule has 0 aromatic heterocycles. The highest BCUT2D eigenvalue weighted by Gasteiger charge is 2.26. The van der Waals surface area contributed by atoms with Crippen LogP contribution < -0.4 is 5.32 Å². The molecule has 0 spiro atoms. The van der Waals surface area contributed by atoms with Crippen LogP contribution in [0, 0.1) is 0 Å². The lowest BCUT2D eigenvalue weighted by atomic mass is 9.99. The number of amides is 1. The summed E-state index contributed by atoms with van der Waals surface area (Å²) < 4.78 is 0. The number of carbonyl (C=O) groups is 1. The Morgan fingerprint density at radius 2 is 0.618 bits per heavy atom. The summed E-state index contributed by atoms with van der Waals surface area (Å²) in [6.45, 7) is 4.20. The minimum Gasteiger partial charge on any atom is -0.394 e. The summed E-state index contributed by atoms with van der Waals surface area (Å²) in [4.78, 5) is 12.5. The molecule has 0 unspecified atom stereocenters. The highest BCUT2D eigenvalue weighted by molar-refractivity contribution is 5.76. The molecule has 0 aromatic rings. The first-order valence-corrected chi connectivity index (χ1v) is 25.3. The number of unbranched alkanes of at least 4 members (excludes halogenated alkanes) is 39. The summed E-state index contributed by atoms with van der Waals surface area (Å²) in [5, 5.41) is 33.6. The van der Waals surface area contributed by atoms with Crippen molar-refractivity contribution in [1.29, 1.82) is 0 Å². The van der Waals surface area contributed by atoms with E-state index < -0.39 is 18.2 Å². The predicted octanol–water partition coefficient (Wildman–Crippen LogP) is 15.0. The number of rotatable bonds is 47. The Morgan fingerprint density at radius 1 is 0.382 bits per heavy atom. The van der Waals surface area contributed by atoms with E-state index in [4.69, 9.17) is 0 Å². The molecule has 330 valence electrons. The lowest BCUT2D eigenvalue weighted by molar-refractivity contribution is -0.124. The second kappa shape index (κ2) is 46.0. The molecule has 1 amide bonds. The van der Waals surface area contributed by atoms with Crippen molar-refractivity contribution in [2.45, 2.75) is 308 Å². The normalized spacial score (nSPS) is 13.3. The summed E-state index contributed by atoms with van der Waals surface area (Å²) in [6.07, 6.45) is 53.9. The number of aliphatic hydroxyl groups excluding tert-OH is 3. The van der Waals surface area contributed by atoms with Crippen LogP contribution in [0.5, 0.6) is 0 Å². The van der Waals surface area contributed by atoms with Crippen molar-refractivity contribution < 1.29 is 20.1 Å². The zero-order valence-corrected chi connectivity index (χ0v) is 37.6. The third-order valence-corrected chi connectivity index (χ3v) is 12.2. The van der Waals surface area contributed by atoms with Crippen LogP contribution >= 0.6 is 0 Å². The van der Waals surface area contributed by atoms with Gasteiger partial charge in [0.25, 0.3) is 0 Å². The zero-order chi connectivity index (χ0) is 40.1. The first kappa shape index (κ1) is 54.3. The van der Waals surface area contributed by atoms with Gasteiger partial charge in [-0.15, -0.1) is 0 Å². The summed E-state index contributed by atoms with van der Waals surface area (Å²) in [6, 6.07) is -0.803. The number of carbonyl (C=O) groups excluding carboxylic acids is 1. The van der Waals surface area contributed by atoms with E-state index in [0.29, 0.717) is 12.8 Å². The van der Waals surface area contributed by atoms with E-state index in [1.165, 1.54) is 231 Å². The van der Waals surface area contributed by atoms with Crippen LogP contribution in [-0.4, -0.2) is 46.1 Å². The van der Waals surface area contributed by atoms with E-state index in [2.05, 4.69) is 19.2 Å². The molecule has 3 atom stereocenters. The topological polar surface area (TPSA) is 89.8 Å². The second-order valence-corrected chi connectivity index (χ2v) is 17.7. The zero-order valence-electron chi connectivity index (χ0n) is 37.6. The van der Waals surface area contributed by atoms with E-state index >= 15 is 0 Å². The second-order valence-electron chi connectivity index (χ2n) is 17.7. The molecule has 5 heteroatoms. The molecule has 0 rings (SSSR count). The van der Waals surface area contributed by atoms with Crippen molar-refractivity contribution in [1.82, 2.24) is 5.32 Å². The van der Waals surface area contributed by atoms with Gasteiger partial charge >= 0.3 is 0 Å². The van der Waals surface area contributed by atoms with Crippen LogP contribution in [0.2, 0.25) is 0 Å². The fourth-order valence-corrected chi connectivity index (χ4v) is 8.28. The fraction of sp³-hybridized carbons (Fsp3) is 0.980. The first-order valence-electron chi connectivity index (χ1n) is 25.3. The van der Waals surface area contributed by atoms with Gasteiger partial charge in [0, 0.05) is 6.42 Å². The monoisotopic (exact) mass is 780 g/mol. The lowest BCUT2D eigenvalue weighted by Gasteiger charge is -2.26. The van der Waals surface area contributed by atoms with Crippen molar-refractivity contribution in [2.75, 3.05) is 6.61 Å². The summed E-state index contributed by atoms with van der Waals surface area (Å²) >= 11 is 0. The van der Waals surface area contributed by atoms with Crippen LogP contribution in [0.4, 0.5) is 0 Å².